The standard InChI is InChI=1S/C21H30N2O6/c1-9(23-19(25)15-11-3-5-13(7-11)17(15)21(28)29)8-22-18(24)14-10-2-4-12(6-10)16(14)20(26)27/h9-17H,2-8H2,1H3,(H,22,24)(H,23,25)(H,26,27)(H,28,29)/t9-,10+,11+,12+,13+,14-,15-,16+,17+/m1/s1. The van der Waals surface area contributed by atoms with Crippen LogP contribution in [0.4, 0.5) is 0 Å². The number of carbonyl (C=O) groups excluding carboxylic acids is 2. The van der Waals surface area contributed by atoms with Gasteiger partial charge in [-0.15, -0.1) is 0 Å². The third kappa shape index (κ3) is 3.51. The maximum atomic E-state index is 12.7. The highest BCUT2D eigenvalue weighted by Gasteiger charge is 2.55. The Morgan fingerprint density at radius 2 is 1.17 bits per heavy atom. The SMILES string of the molecule is C[C@H](CNC(=O)[C@@H]1[C@H]2CC[C@@H](C2)[C@@H]1C(=O)O)NC(=O)[C@@H]1[C@H]2CC[C@@H](C2)[C@@H]1C(=O)O. The molecule has 9 atom stereocenters. The summed E-state index contributed by atoms with van der Waals surface area (Å²) in [6.07, 6.45) is 5.18. The van der Waals surface area contributed by atoms with Gasteiger partial charge < -0.3 is 20.8 Å². The van der Waals surface area contributed by atoms with Crippen molar-refractivity contribution < 1.29 is 29.4 Å². The van der Waals surface area contributed by atoms with Gasteiger partial charge in [-0.1, -0.05) is 0 Å². The molecule has 2 amide bonds. The second-order valence-electron chi connectivity index (χ2n) is 9.60. The molecule has 4 rings (SSSR count). The number of aliphatic carboxylic acids is 2. The first-order valence-corrected chi connectivity index (χ1v) is 10.8. The summed E-state index contributed by atoms with van der Waals surface area (Å²) in [6.45, 7) is 1.99. The number of hydrogen-bond donors (Lipinski definition) is 4. The lowest BCUT2D eigenvalue weighted by molar-refractivity contribution is -0.150. The lowest BCUT2D eigenvalue weighted by atomic mass is 9.78. The summed E-state index contributed by atoms with van der Waals surface area (Å²) >= 11 is 0. The quantitative estimate of drug-likeness (QED) is 0.500. The molecule has 4 fully saturated rings. The molecule has 4 aliphatic carbocycles. The molecular weight excluding hydrogens is 376 g/mol. The summed E-state index contributed by atoms with van der Waals surface area (Å²) in [5, 5.41) is 24.7. The summed E-state index contributed by atoms with van der Waals surface area (Å²) in [5.41, 5.74) is 0. The smallest absolute Gasteiger partial charge is 0.307 e. The summed E-state index contributed by atoms with van der Waals surface area (Å²) in [5.74, 6) is -4.02. The number of carboxylic acids is 2. The van der Waals surface area contributed by atoms with Crippen molar-refractivity contribution in [1.29, 1.82) is 0 Å². The second kappa shape index (κ2) is 7.61. The van der Waals surface area contributed by atoms with Crippen molar-refractivity contribution in [2.24, 2.45) is 47.3 Å². The maximum Gasteiger partial charge on any atom is 0.307 e. The van der Waals surface area contributed by atoms with E-state index in [-0.39, 0.29) is 48.1 Å². The molecular formula is C21H30N2O6. The summed E-state index contributed by atoms with van der Waals surface area (Å²) in [4.78, 5) is 48.6. The second-order valence-corrected chi connectivity index (χ2v) is 9.60. The third-order valence-corrected chi connectivity index (χ3v) is 7.98. The van der Waals surface area contributed by atoms with E-state index in [0.29, 0.717) is 0 Å². The molecule has 0 radical (unpaired) electrons. The van der Waals surface area contributed by atoms with Crippen LogP contribution < -0.4 is 10.6 Å². The summed E-state index contributed by atoms with van der Waals surface area (Å²) in [6, 6.07) is -0.345. The van der Waals surface area contributed by atoms with Gasteiger partial charge in [0.1, 0.15) is 0 Å². The van der Waals surface area contributed by atoms with Crippen LogP contribution in [-0.2, 0) is 19.2 Å². The van der Waals surface area contributed by atoms with Crippen LogP contribution in [0, 0.1) is 47.3 Å². The minimum atomic E-state index is -0.894. The first-order chi connectivity index (χ1) is 13.8. The fraction of sp³-hybridized carbons (Fsp3) is 0.810. The van der Waals surface area contributed by atoms with Crippen molar-refractivity contribution >= 4 is 23.8 Å². The molecule has 29 heavy (non-hydrogen) atoms. The Morgan fingerprint density at radius 1 is 0.759 bits per heavy atom. The van der Waals surface area contributed by atoms with E-state index in [1.54, 1.807) is 6.92 Å². The zero-order valence-electron chi connectivity index (χ0n) is 16.7. The van der Waals surface area contributed by atoms with Gasteiger partial charge in [0, 0.05) is 12.6 Å². The van der Waals surface area contributed by atoms with Gasteiger partial charge in [-0.25, -0.2) is 0 Å². The fourth-order valence-electron chi connectivity index (χ4n) is 6.81. The van der Waals surface area contributed by atoms with E-state index in [1.807, 2.05) is 0 Å². The van der Waals surface area contributed by atoms with Gasteiger partial charge in [-0.3, -0.25) is 19.2 Å². The minimum absolute atomic E-state index is 0.0917. The molecule has 0 aromatic rings. The maximum absolute atomic E-state index is 12.7. The normalized spacial score (nSPS) is 40.6. The van der Waals surface area contributed by atoms with Gasteiger partial charge in [0.05, 0.1) is 23.7 Å². The zero-order valence-corrected chi connectivity index (χ0v) is 16.7. The first kappa shape index (κ1) is 20.2. The van der Waals surface area contributed by atoms with Crippen LogP contribution in [0.1, 0.15) is 45.4 Å². The predicted octanol–water partition coefficient (Wildman–Crippen LogP) is 1.10. The molecule has 0 aromatic heterocycles. The van der Waals surface area contributed by atoms with E-state index in [2.05, 4.69) is 10.6 Å². The highest BCUT2D eigenvalue weighted by atomic mass is 16.4. The number of hydrogen-bond acceptors (Lipinski definition) is 4. The molecule has 4 aliphatic rings. The largest absolute Gasteiger partial charge is 0.481 e. The molecule has 0 saturated heterocycles. The van der Waals surface area contributed by atoms with Crippen LogP contribution in [0.3, 0.4) is 0 Å². The van der Waals surface area contributed by atoms with Crippen LogP contribution >= 0.6 is 0 Å². The van der Waals surface area contributed by atoms with Gasteiger partial charge in [-0.2, -0.15) is 0 Å². The minimum Gasteiger partial charge on any atom is -0.481 e. The summed E-state index contributed by atoms with van der Waals surface area (Å²) < 4.78 is 0. The average molecular weight is 406 g/mol. The Labute approximate surface area is 169 Å². The van der Waals surface area contributed by atoms with Crippen molar-refractivity contribution in [3.05, 3.63) is 0 Å². The van der Waals surface area contributed by atoms with E-state index in [9.17, 15) is 29.4 Å². The highest BCUT2D eigenvalue weighted by Crippen LogP contribution is 2.53. The Kier molecular flexibility index (Phi) is 5.29. The Hall–Kier alpha value is -2.12. The van der Waals surface area contributed by atoms with E-state index < -0.39 is 35.6 Å². The van der Waals surface area contributed by atoms with Gasteiger partial charge in [-0.05, 0) is 69.1 Å². The van der Waals surface area contributed by atoms with Gasteiger partial charge in [0.15, 0.2) is 0 Å². The average Bonchev–Trinajstić information content (AvgIpc) is 3.44. The Morgan fingerprint density at radius 3 is 1.62 bits per heavy atom. The molecule has 8 nitrogen and oxygen atoms in total. The van der Waals surface area contributed by atoms with Crippen LogP contribution in [0.2, 0.25) is 0 Å². The molecule has 0 aliphatic heterocycles. The number of carboxylic acid groups (broad SMARTS) is 2. The Balaban J connectivity index is 1.30. The highest BCUT2D eigenvalue weighted by molar-refractivity contribution is 5.87. The van der Waals surface area contributed by atoms with Crippen LogP contribution in [0.25, 0.3) is 0 Å². The lowest BCUT2D eigenvalue weighted by Gasteiger charge is -2.29. The molecule has 8 heteroatoms. The van der Waals surface area contributed by atoms with Crippen molar-refractivity contribution in [2.75, 3.05) is 6.54 Å². The first-order valence-electron chi connectivity index (χ1n) is 10.8. The number of fused-ring (bicyclic) bond motifs is 4. The lowest BCUT2D eigenvalue weighted by Crippen LogP contribution is -2.49. The number of amides is 2. The van der Waals surface area contributed by atoms with E-state index in [1.165, 1.54) is 0 Å². The Bertz CT molecular complexity index is 724. The molecule has 4 bridgehead atoms. The molecule has 0 spiro atoms. The van der Waals surface area contributed by atoms with Crippen LogP contribution in [0.5, 0.6) is 0 Å². The van der Waals surface area contributed by atoms with E-state index >= 15 is 0 Å². The van der Waals surface area contributed by atoms with Crippen molar-refractivity contribution in [1.82, 2.24) is 10.6 Å². The predicted molar refractivity (Wildman–Crippen MR) is 102 cm³/mol. The van der Waals surface area contributed by atoms with Crippen LogP contribution in [0.15, 0.2) is 0 Å². The fourth-order valence-corrected chi connectivity index (χ4v) is 6.81. The monoisotopic (exact) mass is 406 g/mol. The van der Waals surface area contributed by atoms with Gasteiger partial charge >= 0.3 is 11.9 Å². The van der Waals surface area contributed by atoms with Crippen molar-refractivity contribution in [3.8, 4) is 0 Å². The number of carbonyl (C=O) groups is 4. The molecule has 0 aromatic carbocycles. The zero-order chi connectivity index (χ0) is 20.9. The van der Waals surface area contributed by atoms with Crippen molar-refractivity contribution in [2.45, 2.75) is 51.5 Å². The topological polar surface area (TPSA) is 133 Å². The van der Waals surface area contributed by atoms with Crippen molar-refractivity contribution in [3.63, 3.8) is 0 Å². The molecule has 4 saturated carbocycles. The van der Waals surface area contributed by atoms with Gasteiger partial charge in [0.2, 0.25) is 11.8 Å². The van der Waals surface area contributed by atoms with Gasteiger partial charge in [0.25, 0.3) is 0 Å². The molecule has 0 unspecified atom stereocenters. The molecule has 4 N–H and O–H groups in total. The summed E-state index contributed by atoms with van der Waals surface area (Å²) in [7, 11) is 0. The van der Waals surface area contributed by atoms with E-state index in [4.69, 9.17) is 0 Å². The molecule has 160 valence electrons. The molecule has 0 heterocycles. The van der Waals surface area contributed by atoms with Crippen LogP contribution in [-0.4, -0.2) is 46.6 Å². The van der Waals surface area contributed by atoms with E-state index in [0.717, 1.165) is 38.5 Å². The number of nitrogens with one attached hydrogen (secondary N) is 2. The number of rotatable bonds is 7. The third-order valence-electron chi connectivity index (χ3n) is 7.98.